The number of halogens is 3. The molecule has 0 radical (unpaired) electrons. The van der Waals surface area contributed by atoms with Crippen molar-refractivity contribution < 1.29 is 27.5 Å². The summed E-state index contributed by atoms with van der Waals surface area (Å²) >= 11 is 0. The Kier molecular flexibility index (Phi) is 6.25. The first kappa shape index (κ1) is 17.5. The lowest BCUT2D eigenvalue weighted by Gasteiger charge is -2.35. The summed E-state index contributed by atoms with van der Waals surface area (Å²) in [7, 11) is 0. The predicted octanol–water partition coefficient (Wildman–Crippen LogP) is 0.957. The van der Waals surface area contributed by atoms with Gasteiger partial charge in [0, 0.05) is 26.2 Å². The highest BCUT2D eigenvalue weighted by molar-refractivity contribution is 5.82. The van der Waals surface area contributed by atoms with Crippen molar-refractivity contribution in [1.29, 1.82) is 0 Å². The van der Waals surface area contributed by atoms with Crippen molar-refractivity contribution in [2.45, 2.75) is 32.0 Å². The molecule has 122 valence electrons. The molecule has 1 rings (SSSR count). The largest absolute Gasteiger partial charge is 0.449 e. The van der Waals surface area contributed by atoms with E-state index in [-0.39, 0.29) is 26.2 Å². The number of nitrogens with zero attached hydrogens (tertiary/aromatic N) is 2. The van der Waals surface area contributed by atoms with Gasteiger partial charge in [-0.05, 0) is 6.42 Å². The molecule has 1 unspecified atom stereocenters. The molecule has 1 heterocycles. The SMILES string of the molecule is CCCOC(=O)N1CCN(C(=O)C(N)CC(F)(F)F)CC1. The number of alkyl halides is 3. The summed E-state index contributed by atoms with van der Waals surface area (Å²) in [6.45, 7) is 2.96. The Morgan fingerprint density at radius 1 is 1.19 bits per heavy atom. The molecule has 1 aliphatic rings. The standard InChI is InChI=1S/C12H20F3N3O3/c1-2-7-21-11(20)18-5-3-17(4-6-18)10(19)9(16)8-12(13,14)15/h9H,2-8,16H2,1H3. The number of amides is 2. The highest BCUT2D eigenvalue weighted by Crippen LogP contribution is 2.21. The lowest BCUT2D eigenvalue weighted by Crippen LogP contribution is -2.55. The van der Waals surface area contributed by atoms with Gasteiger partial charge >= 0.3 is 12.3 Å². The van der Waals surface area contributed by atoms with Gasteiger partial charge in [0.2, 0.25) is 5.91 Å². The zero-order valence-corrected chi connectivity index (χ0v) is 11.9. The van der Waals surface area contributed by atoms with Gasteiger partial charge in [0.05, 0.1) is 19.1 Å². The van der Waals surface area contributed by atoms with Crippen molar-refractivity contribution in [1.82, 2.24) is 9.80 Å². The third-order valence-corrected chi connectivity index (χ3v) is 3.05. The fourth-order valence-corrected chi connectivity index (χ4v) is 1.96. The second-order valence-corrected chi connectivity index (χ2v) is 4.85. The Balaban J connectivity index is 2.41. The molecular weight excluding hydrogens is 291 g/mol. The van der Waals surface area contributed by atoms with E-state index in [0.717, 1.165) is 0 Å². The molecule has 0 aliphatic carbocycles. The van der Waals surface area contributed by atoms with Crippen LogP contribution in [0.1, 0.15) is 19.8 Å². The van der Waals surface area contributed by atoms with Crippen LogP contribution in [0.15, 0.2) is 0 Å². The molecule has 0 spiro atoms. The molecule has 6 nitrogen and oxygen atoms in total. The van der Waals surface area contributed by atoms with E-state index in [9.17, 15) is 22.8 Å². The molecule has 2 amide bonds. The molecular formula is C12H20F3N3O3. The van der Waals surface area contributed by atoms with Crippen molar-refractivity contribution >= 4 is 12.0 Å². The van der Waals surface area contributed by atoms with Crippen LogP contribution in [0, 0.1) is 0 Å². The highest BCUT2D eigenvalue weighted by atomic mass is 19.4. The lowest BCUT2D eigenvalue weighted by atomic mass is 10.1. The van der Waals surface area contributed by atoms with Crippen molar-refractivity contribution in [2.75, 3.05) is 32.8 Å². The minimum absolute atomic E-state index is 0.158. The topological polar surface area (TPSA) is 75.9 Å². The normalized spacial score (nSPS) is 17.6. The molecule has 0 saturated carbocycles. The molecule has 0 bridgehead atoms. The van der Waals surface area contributed by atoms with E-state index in [1.165, 1.54) is 9.80 Å². The van der Waals surface area contributed by atoms with Crippen LogP contribution in [0.5, 0.6) is 0 Å². The summed E-state index contributed by atoms with van der Waals surface area (Å²) < 4.78 is 41.5. The van der Waals surface area contributed by atoms with Gasteiger partial charge in [-0.25, -0.2) is 4.79 Å². The van der Waals surface area contributed by atoms with E-state index < -0.39 is 30.6 Å². The number of nitrogens with two attached hydrogens (primary N) is 1. The summed E-state index contributed by atoms with van der Waals surface area (Å²) in [6.07, 6.45) is -5.58. The van der Waals surface area contributed by atoms with Crippen LogP contribution in [0.3, 0.4) is 0 Å². The molecule has 1 saturated heterocycles. The molecule has 9 heteroatoms. The van der Waals surface area contributed by atoms with E-state index in [1.54, 1.807) is 0 Å². The number of piperazine rings is 1. The minimum atomic E-state index is -4.47. The van der Waals surface area contributed by atoms with Gasteiger partial charge < -0.3 is 20.3 Å². The fraction of sp³-hybridized carbons (Fsp3) is 0.833. The van der Waals surface area contributed by atoms with Crippen LogP contribution in [0.2, 0.25) is 0 Å². The maximum absolute atomic E-state index is 12.2. The first-order valence-electron chi connectivity index (χ1n) is 6.77. The number of ether oxygens (including phenoxy) is 1. The van der Waals surface area contributed by atoms with Gasteiger partial charge in [0.15, 0.2) is 0 Å². The number of hydrogen-bond donors (Lipinski definition) is 1. The quantitative estimate of drug-likeness (QED) is 0.839. The van der Waals surface area contributed by atoms with Crippen molar-refractivity contribution in [3.63, 3.8) is 0 Å². The van der Waals surface area contributed by atoms with Crippen molar-refractivity contribution in [3.05, 3.63) is 0 Å². The summed E-state index contributed by atoms with van der Waals surface area (Å²) in [5, 5.41) is 0. The minimum Gasteiger partial charge on any atom is -0.449 e. The van der Waals surface area contributed by atoms with Crippen LogP contribution < -0.4 is 5.73 Å². The number of carbonyl (C=O) groups is 2. The van der Waals surface area contributed by atoms with E-state index in [1.807, 2.05) is 6.92 Å². The van der Waals surface area contributed by atoms with Crippen molar-refractivity contribution in [2.24, 2.45) is 5.73 Å². The number of carbonyl (C=O) groups excluding carboxylic acids is 2. The highest BCUT2D eigenvalue weighted by Gasteiger charge is 2.36. The lowest BCUT2D eigenvalue weighted by molar-refractivity contribution is -0.153. The summed E-state index contributed by atoms with van der Waals surface area (Å²) in [4.78, 5) is 26.0. The third kappa shape index (κ3) is 5.78. The number of rotatable bonds is 4. The smallest absolute Gasteiger partial charge is 0.409 e. The molecule has 0 aromatic rings. The zero-order valence-electron chi connectivity index (χ0n) is 11.9. The second kappa shape index (κ2) is 7.48. The Morgan fingerprint density at radius 3 is 2.19 bits per heavy atom. The van der Waals surface area contributed by atoms with Crippen LogP contribution in [-0.4, -0.2) is 66.8 Å². The van der Waals surface area contributed by atoms with Crippen LogP contribution >= 0.6 is 0 Å². The zero-order chi connectivity index (χ0) is 16.0. The average Bonchev–Trinajstić information content (AvgIpc) is 2.42. The monoisotopic (exact) mass is 311 g/mol. The van der Waals surface area contributed by atoms with E-state index >= 15 is 0 Å². The summed E-state index contributed by atoms with van der Waals surface area (Å²) in [6, 6.07) is -1.59. The Morgan fingerprint density at radius 2 is 1.71 bits per heavy atom. The second-order valence-electron chi connectivity index (χ2n) is 4.85. The molecule has 0 aromatic carbocycles. The van der Waals surface area contributed by atoms with Gasteiger partial charge in [-0.15, -0.1) is 0 Å². The summed E-state index contributed by atoms with van der Waals surface area (Å²) in [5.41, 5.74) is 5.28. The van der Waals surface area contributed by atoms with Gasteiger partial charge in [-0.3, -0.25) is 4.79 Å². The third-order valence-electron chi connectivity index (χ3n) is 3.05. The Bertz CT molecular complexity index is 368. The maximum atomic E-state index is 12.2. The first-order valence-corrected chi connectivity index (χ1v) is 6.77. The maximum Gasteiger partial charge on any atom is 0.409 e. The Hall–Kier alpha value is -1.51. The fourth-order valence-electron chi connectivity index (χ4n) is 1.96. The average molecular weight is 311 g/mol. The van der Waals surface area contributed by atoms with E-state index in [0.29, 0.717) is 13.0 Å². The van der Waals surface area contributed by atoms with E-state index in [4.69, 9.17) is 10.5 Å². The molecule has 1 fully saturated rings. The molecule has 1 aliphatic heterocycles. The van der Waals surface area contributed by atoms with Gasteiger partial charge in [0.1, 0.15) is 0 Å². The molecule has 21 heavy (non-hydrogen) atoms. The van der Waals surface area contributed by atoms with E-state index in [2.05, 4.69) is 0 Å². The summed E-state index contributed by atoms with van der Waals surface area (Å²) in [5.74, 6) is -0.742. The molecule has 1 atom stereocenters. The predicted molar refractivity (Wildman–Crippen MR) is 68.4 cm³/mol. The van der Waals surface area contributed by atoms with Crippen molar-refractivity contribution in [3.8, 4) is 0 Å². The molecule has 2 N–H and O–H groups in total. The van der Waals surface area contributed by atoms with Crippen LogP contribution in [0.4, 0.5) is 18.0 Å². The van der Waals surface area contributed by atoms with Gasteiger partial charge in [0.25, 0.3) is 0 Å². The van der Waals surface area contributed by atoms with Gasteiger partial charge in [-0.1, -0.05) is 6.92 Å². The molecule has 0 aromatic heterocycles. The first-order chi connectivity index (χ1) is 9.74. The van der Waals surface area contributed by atoms with Crippen LogP contribution in [0.25, 0.3) is 0 Å². The van der Waals surface area contributed by atoms with Gasteiger partial charge in [-0.2, -0.15) is 13.2 Å². The Labute approximate surface area is 121 Å². The number of hydrogen-bond acceptors (Lipinski definition) is 4. The van der Waals surface area contributed by atoms with Crippen LogP contribution in [-0.2, 0) is 9.53 Å².